The Bertz CT molecular complexity index is 981. The summed E-state index contributed by atoms with van der Waals surface area (Å²) < 4.78 is 20.5. The second-order valence-electron chi connectivity index (χ2n) is 6.87. The highest BCUT2D eigenvalue weighted by Crippen LogP contribution is 2.31. The number of aryl methyl sites for hydroxylation is 1. The van der Waals surface area contributed by atoms with Crippen LogP contribution in [-0.4, -0.2) is 39.9 Å². The number of hydrogen-bond acceptors (Lipinski definition) is 7. The van der Waals surface area contributed by atoms with Gasteiger partial charge >= 0.3 is 0 Å². The van der Waals surface area contributed by atoms with E-state index in [4.69, 9.17) is 16.2 Å². The van der Waals surface area contributed by atoms with Gasteiger partial charge in [0.15, 0.2) is 5.69 Å². The van der Waals surface area contributed by atoms with E-state index in [1.54, 1.807) is 36.1 Å². The fourth-order valence-corrected chi connectivity index (χ4v) is 3.70. The number of aromatic nitrogens is 3. The number of nitrogen functional groups attached to an aromatic ring is 1. The summed E-state index contributed by atoms with van der Waals surface area (Å²) in [6.07, 6.45) is 6.48. The lowest BCUT2D eigenvalue weighted by Gasteiger charge is -2.02. The van der Waals surface area contributed by atoms with Crippen molar-refractivity contribution in [1.29, 1.82) is 0 Å². The minimum atomic E-state index is -0.454. The molecule has 0 saturated carbocycles. The third-order valence-electron chi connectivity index (χ3n) is 4.43. The van der Waals surface area contributed by atoms with E-state index in [9.17, 15) is 9.18 Å². The van der Waals surface area contributed by atoms with Gasteiger partial charge in [-0.15, -0.1) is 0 Å². The molecule has 1 fully saturated rings. The molecule has 5 N–H and O–H groups in total. The van der Waals surface area contributed by atoms with Crippen LogP contribution >= 0.6 is 11.3 Å². The summed E-state index contributed by atoms with van der Waals surface area (Å²) >= 11 is 1.07. The van der Waals surface area contributed by atoms with Crippen molar-refractivity contribution in [2.45, 2.75) is 25.3 Å². The van der Waals surface area contributed by atoms with Crippen LogP contribution in [0.3, 0.4) is 0 Å². The van der Waals surface area contributed by atoms with Crippen molar-refractivity contribution in [3.8, 4) is 10.6 Å². The predicted octanol–water partition coefficient (Wildman–Crippen LogP) is 3.03. The van der Waals surface area contributed by atoms with Crippen LogP contribution in [0.5, 0.6) is 0 Å². The van der Waals surface area contributed by atoms with Gasteiger partial charge in [-0.2, -0.15) is 5.10 Å². The van der Waals surface area contributed by atoms with Crippen molar-refractivity contribution >= 4 is 27.9 Å². The molecule has 10 heteroatoms. The molecule has 1 aliphatic heterocycles. The predicted molar refractivity (Wildman–Crippen MR) is 116 cm³/mol. The molecule has 1 unspecified atom stereocenters. The van der Waals surface area contributed by atoms with Crippen molar-refractivity contribution in [3.63, 3.8) is 0 Å². The first-order chi connectivity index (χ1) is 14.4. The molecular weight excluding hydrogens is 407 g/mol. The molecule has 1 saturated heterocycles. The van der Waals surface area contributed by atoms with E-state index in [0.717, 1.165) is 43.8 Å². The average molecular weight is 433 g/mol. The fraction of sp³-hybridized carbons (Fsp3) is 0.350. The van der Waals surface area contributed by atoms with Gasteiger partial charge in [-0.05, 0) is 31.4 Å². The van der Waals surface area contributed by atoms with E-state index in [-0.39, 0.29) is 10.7 Å². The molecule has 0 radical (unpaired) electrons. The van der Waals surface area contributed by atoms with Crippen LogP contribution in [0.25, 0.3) is 10.6 Å². The van der Waals surface area contributed by atoms with Crippen LogP contribution in [0.15, 0.2) is 36.7 Å². The Kier molecular flexibility index (Phi) is 7.50. The summed E-state index contributed by atoms with van der Waals surface area (Å²) in [5, 5.41) is 7.20. The molecule has 160 valence electrons. The Labute approximate surface area is 178 Å². The van der Waals surface area contributed by atoms with E-state index in [1.165, 1.54) is 12.3 Å². The van der Waals surface area contributed by atoms with Gasteiger partial charge in [0.2, 0.25) is 0 Å². The molecule has 4 rings (SSSR count). The van der Waals surface area contributed by atoms with Gasteiger partial charge in [-0.1, -0.05) is 23.5 Å². The maximum atomic E-state index is 13.8. The third-order valence-corrected chi connectivity index (χ3v) is 5.35. The Morgan fingerprint density at radius 1 is 1.33 bits per heavy atom. The quantitative estimate of drug-likeness (QED) is 0.585. The van der Waals surface area contributed by atoms with E-state index in [0.29, 0.717) is 22.3 Å². The highest BCUT2D eigenvalue weighted by molar-refractivity contribution is 7.19. The van der Waals surface area contributed by atoms with Gasteiger partial charge in [-0.3, -0.25) is 9.48 Å². The maximum absolute atomic E-state index is 13.8. The van der Waals surface area contributed by atoms with Gasteiger partial charge in [-0.25, -0.2) is 9.37 Å². The van der Waals surface area contributed by atoms with E-state index < -0.39 is 11.7 Å². The SMILES string of the molecule is Cn1cc(NC(=O)c2nc(-c3ccccc3F)sc2N)cn1.NC1CCCOCC1. The number of ether oxygens (including phenoxy) is 1. The first-order valence-corrected chi connectivity index (χ1v) is 10.4. The van der Waals surface area contributed by atoms with Crippen LogP contribution < -0.4 is 16.8 Å². The summed E-state index contributed by atoms with van der Waals surface area (Å²) in [5.41, 5.74) is 12.4. The summed E-state index contributed by atoms with van der Waals surface area (Å²) in [6.45, 7) is 1.77. The normalized spacial score (nSPS) is 16.3. The van der Waals surface area contributed by atoms with Crippen LogP contribution in [-0.2, 0) is 11.8 Å². The van der Waals surface area contributed by atoms with Crippen molar-refractivity contribution in [1.82, 2.24) is 14.8 Å². The molecule has 3 heterocycles. The molecule has 30 heavy (non-hydrogen) atoms. The number of thiazole rings is 1. The minimum Gasteiger partial charge on any atom is -0.389 e. The number of halogens is 1. The fourth-order valence-electron chi connectivity index (χ4n) is 2.85. The number of amides is 1. The van der Waals surface area contributed by atoms with Gasteiger partial charge in [0.1, 0.15) is 15.8 Å². The summed E-state index contributed by atoms with van der Waals surface area (Å²) in [6, 6.07) is 6.62. The smallest absolute Gasteiger partial charge is 0.277 e. The first-order valence-electron chi connectivity index (χ1n) is 9.58. The molecule has 0 aliphatic carbocycles. The minimum absolute atomic E-state index is 0.0760. The number of benzene rings is 1. The van der Waals surface area contributed by atoms with Gasteiger partial charge < -0.3 is 21.5 Å². The van der Waals surface area contributed by atoms with E-state index >= 15 is 0 Å². The van der Waals surface area contributed by atoms with Crippen LogP contribution in [0.2, 0.25) is 0 Å². The highest BCUT2D eigenvalue weighted by atomic mass is 32.1. The number of carbonyl (C=O) groups excluding carboxylic acids is 1. The van der Waals surface area contributed by atoms with Crippen molar-refractivity contribution in [2.24, 2.45) is 12.8 Å². The van der Waals surface area contributed by atoms with Gasteiger partial charge in [0, 0.05) is 38.1 Å². The zero-order valence-corrected chi connectivity index (χ0v) is 17.5. The molecule has 1 aliphatic rings. The lowest BCUT2D eigenvalue weighted by Crippen LogP contribution is -2.19. The van der Waals surface area contributed by atoms with Gasteiger partial charge in [0.05, 0.1) is 11.9 Å². The number of carbonyl (C=O) groups is 1. The van der Waals surface area contributed by atoms with Crippen LogP contribution in [0, 0.1) is 5.82 Å². The van der Waals surface area contributed by atoms with Crippen molar-refractivity contribution < 1.29 is 13.9 Å². The Morgan fingerprint density at radius 2 is 2.13 bits per heavy atom. The topological polar surface area (TPSA) is 121 Å². The molecule has 1 amide bonds. The Hall–Kier alpha value is -2.82. The number of rotatable bonds is 3. The third kappa shape index (κ3) is 5.85. The van der Waals surface area contributed by atoms with Crippen molar-refractivity contribution in [3.05, 3.63) is 48.2 Å². The number of nitrogens with one attached hydrogen (secondary N) is 1. The van der Waals surface area contributed by atoms with Gasteiger partial charge in [0.25, 0.3) is 5.91 Å². The van der Waals surface area contributed by atoms with E-state index in [1.807, 2.05) is 0 Å². The first kappa shape index (κ1) is 21.9. The number of nitrogens with two attached hydrogens (primary N) is 2. The molecule has 2 aromatic heterocycles. The number of nitrogens with zero attached hydrogens (tertiary/aromatic N) is 3. The molecule has 1 aromatic carbocycles. The number of anilines is 2. The second-order valence-corrected chi connectivity index (χ2v) is 7.90. The maximum Gasteiger partial charge on any atom is 0.277 e. The summed E-state index contributed by atoms with van der Waals surface area (Å²) in [4.78, 5) is 16.4. The molecule has 0 bridgehead atoms. The zero-order valence-electron chi connectivity index (χ0n) is 16.7. The molecule has 8 nitrogen and oxygen atoms in total. The lowest BCUT2D eigenvalue weighted by molar-refractivity contribution is 0.102. The highest BCUT2D eigenvalue weighted by Gasteiger charge is 2.19. The summed E-state index contributed by atoms with van der Waals surface area (Å²) in [5.74, 6) is -0.861. The molecule has 1 atom stereocenters. The molecular formula is C20H25FN6O2S. The number of hydrogen-bond donors (Lipinski definition) is 3. The molecule has 0 spiro atoms. The molecule has 3 aromatic rings. The Balaban J connectivity index is 0.000000269. The van der Waals surface area contributed by atoms with Crippen molar-refractivity contribution in [2.75, 3.05) is 24.3 Å². The standard InChI is InChI=1S/C14H12FN5OS.C6H13NO/c1-20-7-8(6-17-20)18-13(21)11-12(16)22-14(19-11)9-4-2-3-5-10(9)15;7-6-2-1-4-8-5-3-6/h2-7H,16H2,1H3,(H,18,21);6H,1-5,7H2. The average Bonchev–Trinajstić information content (AvgIpc) is 3.21. The summed E-state index contributed by atoms with van der Waals surface area (Å²) in [7, 11) is 1.74. The van der Waals surface area contributed by atoms with Crippen LogP contribution in [0.4, 0.5) is 15.1 Å². The monoisotopic (exact) mass is 432 g/mol. The van der Waals surface area contributed by atoms with Crippen LogP contribution in [0.1, 0.15) is 29.8 Å². The largest absolute Gasteiger partial charge is 0.389 e. The van der Waals surface area contributed by atoms with E-state index in [2.05, 4.69) is 15.4 Å². The zero-order chi connectivity index (χ0) is 21.5. The second kappa shape index (κ2) is 10.3. The lowest BCUT2D eigenvalue weighted by atomic mass is 10.1. The Morgan fingerprint density at radius 3 is 2.87 bits per heavy atom.